The van der Waals surface area contributed by atoms with Crippen molar-refractivity contribution in [2.75, 3.05) is 26.8 Å². The lowest BCUT2D eigenvalue weighted by molar-refractivity contribution is 0.199. The normalized spacial score (nSPS) is 12.1. The van der Waals surface area contributed by atoms with Crippen LogP contribution in [-0.4, -0.2) is 47.0 Å². The number of tetrazole rings is 1. The number of aromatic nitrogens is 4. The van der Waals surface area contributed by atoms with E-state index < -0.39 is 0 Å². The summed E-state index contributed by atoms with van der Waals surface area (Å²) >= 11 is 0. The molecule has 1 heterocycles. The average molecular weight is 239 g/mol. The number of rotatable bonds is 8. The van der Waals surface area contributed by atoms with Gasteiger partial charge >= 0.3 is 0 Å². The molecule has 0 spiro atoms. The maximum Gasteiger partial charge on any atom is 0.178 e. The van der Waals surface area contributed by atoms with Crippen molar-refractivity contribution >= 4 is 0 Å². The van der Waals surface area contributed by atoms with Gasteiger partial charge in [-0.3, -0.25) is 0 Å². The van der Waals surface area contributed by atoms with Crippen LogP contribution in [0, 0.1) is 0 Å². The maximum atomic E-state index is 4.95. The maximum absolute atomic E-state index is 4.95. The number of methoxy groups -OCH3 is 1. The Morgan fingerprint density at radius 3 is 2.94 bits per heavy atom. The number of allylic oxidation sites excluding steroid dienone is 1. The summed E-state index contributed by atoms with van der Waals surface area (Å²) in [5.74, 6) is 0.772. The van der Waals surface area contributed by atoms with E-state index in [0.29, 0.717) is 0 Å². The van der Waals surface area contributed by atoms with Gasteiger partial charge < -0.3 is 10.1 Å². The molecule has 6 nitrogen and oxygen atoms in total. The molecule has 0 unspecified atom stereocenters. The number of nitrogens with one attached hydrogen (secondary N) is 1. The van der Waals surface area contributed by atoms with Crippen molar-refractivity contribution in [3.05, 3.63) is 17.5 Å². The predicted octanol–water partition coefficient (Wildman–Crippen LogP) is 0.325. The van der Waals surface area contributed by atoms with Crippen LogP contribution in [0.1, 0.15) is 19.2 Å². The van der Waals surface area contributed by atoms with Gasteiger partial charge in [-0.05, 0) is 25.1 Å². The second kappa shape index (κ2) is 7.92. The number of hydrogen-bond donors (Lipinski definition) is 1. The summed E-state index contributed by atoms with van der Waals surface area (Å²) in [6.45, 7) is 4.71. The van der Waals surface area contributed by atoms with Gasteiger partial charge in [-0.1, -0.05) is 11.6 Å². The molecule has 0 amide bonds. The van der Waals surface area contributed by atoms with Crippen LogP contribution in [0.25, 0.3) is 0 Å². The summed E-state index contributed by atoms with van der Waals surface area (Å²) in [6.07, 6.45) is 3.98. The first-order valence-electron chi connectivity index (χ1n) is 5.80. The lowest BCUT2D eigenvalue weighted by Crippen LogP contribution is -2.19. The number of hydrogen-bond acceptors (Lipinski definition) is 5. The van der Waals surface area contributed by atoms with E-state index in [1.807, 2.05) is 0 Å². The Kier molecular flexibility index (Phi) is 6.42. The minimum absolute atomic E-state index is 0.756. The van der Waals surface area contributed by atoms with Crippen LogP contribution in [0.4, 0.5) is 0 Å². The first kappa shape index (κ1) is 13.8. The molecule has 1 N–H and O–H groups in total. The average Bonchev–Trinajstić information content (AvgIpc) is 2.69. The standard InChI is InChI=1S/C11H21N5O/c1-10(5-4-6-12-7-8-17-3)9-11-13-15-16(2)14-11/h5,12H,4,6-9H2,1-3H3/b10-5-. The molecule has 0 bridgehead atoms. The van der Waals surface area contributed by atoms with Gasteiger partial charge in [0.25, 0.3) is 0 Å². The van der Waals surface area contributed by atoms with E-state index in [0.717, 1.165) is 38.4 Å². The van der Waals surface area contributed by atoms with E-state index in [2.05, 4.69) is 33.7 Å². The quantitative estimate of drug-likeness (QED) is 0.523. The van der Waals surface area contributed by atoms with Crippen LogP contribution in [0.5, 0.6) is 0 Å². The summed E-state index contributed by atoms with van der Waals surface area (Å²) in [5, 5.41) is 15.2. The fourth-order valence-electron chi connectivity index (χ4n) is 1.44. The van der Waals surface area contributed by atoms with Gasteiger partial charge in [0.15, 0.2) is 5.82 Å². The Hall–Kier alpha value is -1.27. The topological polar surface area (TPSA) is 64.9 Å². The molecule has 0 atom stereocenters. The molecule has 0 aliphatic rings. The molecule has 6 heteroatoms. The molecule has 0 radical (unpaired) electrons. The van der Waals surface area contributed by atoms with Gasteiger partial charge in [0.1, 0.15) is 0 Å². The number of aryl methyl sites for hydroxylation is 1. The van der Waals surface area contributed by atoms with Crippen LogP contribution >= 0.6 is 0 Å². The molecule has 96 valence electrons. The van der Waals surface area contributed by atoms with E-state index in [1.165, 1.54) is 10.4 Å². The van der Waals surface area contributed by atoms with Gasteiger partial charge in [-0.15, -0.1) is 10.2 Å². The zero-order valence-electron chi connectivity index (χ0n) is 10.8. The van der Waals surface area contributed by atoms with Crippen LogP contribution in [-0.2, 0) is 18.2 Å². The highest BCUT2D eigenvalue weighted by atomic mass is 16.5. The molecular weight excluding hydrogens is 218 g/mol. The predicted molar refractivity (Wildman–Crippen MR) is 65.6 cm³/mol. The highest BCUT2D eigenvalue weighted by molar-refractivity contribution is 5.05. The third kappa shape index (κ3) is 6.13. The molecular formula is C11H21N5O. The van der Waals surface area contributed by atoms with E-state index in [9.17, 15) is 0 Å². The minimum Gasteiger partial charge on any atom is -0.383 e. The molecule has 17 heavy (non-hydrogen) atoms. The molecule has 0 aliphatic carbocycles. The Bertz CT molecular complexity index is 347. The van der Waals surface area contributed by atoms with E-state index in [-0.39, 0.29) is 0 Å². The van der Waals surface area contributed by atoms with Crippen molar-refractivity contribution in [2.24, 2.45) is 7.05 Å². The molecule has 0 saturated carbocycles. The van der Waals surface area contributed by atoms with E-state index >= 15 is 0 Å². The number of nitrogens with zero attached hydrogens (tertiary/aromatic N) is 4. The summed E-state index contributed by atoms with van der Waals surface area (Å²) in [4.78, 5) is 1.48. The van der Waals surface area contributed by atoms with E-state index in [1.54, 1.807) is 14.2 Å². The van der Waals surface area contributed by atoms with Crippen molar-refractivity contribution in [1.29, 1.82) is 0 Å². The summed E-state index contributed by atoms with van der Waals surface area (Å²) in [7, 11) is 3.48. The first-order valence-corrected chi connectivity index (χ1v) is 5.80. The molecule has 1 rings (SSSR count). The second-order valence-corrected chi connectivity index (χ2v) is 3.95. The van der Waals surface area contributed by atoms with Crippen molar-refractivity contribution in [3.8, 4) is 0 Å². The Morgan fingerprint density at radius 1 is 1.47 bits per heavy atom. The van der Waals surface area contributed by atoms with Crippen molar-refractivity contribution in [1.82, 2.24) is 25.5 Å². The fraction of sp³-hybridized carbons (Fsp3) is 0.727. The molecule has 0 aliphatic heterocycles. The summed E-state index contributed by atoms with van der Waals surface area (Å²) in [5.41, 5.74) is 1.27. The highest BCUT2D eigenvalue weighted by Gasteiger charge is 2.00. The van der Waals surface area contributed by atoms with Crippen molar-refractivity contribution in [3.63, 3.8) is 0 Å². The zero-order valence-corrected chi connectivity index (χ0v) is 10.8. The fourth-order valence-corrected chi connectivity index (χ4v) is 1.44. The zero-order chi connectivity index (χ0) is 12.5. The molecule has 1 aromatic rings. The third-order valence-corrected chi connectivity index (χ3v) is 2.28. The monoisotopic (exact) mass is 239 g/mol. The van der Waals surface area contributed by atoms with Crippen LogP contribution in [0.2, 0.25) is 0 Å². The lowest BCUT2D eigenvalue weighted by Gasteiger charge is -2.01. The highest BCUT2D eigenvalue weighted by Crippen LogP contribution is 2.01. The minimum atomic E-state index is 0.756. The molecule has 1 aromatic heterocycles. The first-order chi connectivity index (χ1) is 8.22. The second-order valence-electron chi connectivity index (χ2n) is 3.95. The summed E-state index contributed by atoms with van der Waals surface area (Å²) < 4.78 is 4.95. The molecule has 0 fully saturated rings. The Labute approximate surface area is 102 Å². The largest absolute Gasteiger partial charge is 0.383 e. The summed E-state index contributed by atoms with van der Waals surface area (Å²) in [6, 6.07) is 0. The van der Waals surface area contributed by atoms with Gasteiger partial charge in [-0.25, -0.2) is 0 Å². The van der Waals surface area contributed by atoms with Crippen LogP contribution in [0.15, 0.2) is 11.6 Å². The van der Waals surface area contributed by atoms with Crippen molar-refractivity contribution in [2.45, 2.75) is 19.8 Å². The lowest BCUT2D eigenvalue weighted by atomic mass is 10.2. The Morgan fingerprint density at radius 2 is 2.29 bits per heavy atom. The SMILES string of the molecule is COCCNCC/C=C(/C)Cc1nnn(C)n1. The van der Waals surface area contributed by atoms with Gasteiger partial charge in [-0.2, -0.15) is 4.80 Å². The molecule has 0 aromatic carbocycles. The van der Waals surface area contributed by atoms with Crippen LogP contribution in [0.3, 0.4) is 0 Å². The Balaban J connectivity index is 2.16. The van der Waals surface area contributed by atoms with Gasteiger partial charge in [0, 0.05) is 20.1 Å². The van der Waals surface area contributed by atoms with E-state index in [4.69, 9.17) is 4.74 Å². The third-order valence-electron chi connectivity index (χ3n) is 2.28. The smallest absolute Gasteiger partial charge is 0.178 e. The van der Waals surface area contributed by atoms with Gasteiger partial charge in [0.2, 0.25) is 0 Å². The van der Waals surface area contributed by atoms with Crippen LogP contribution < -0.4 is 5.32 Å². The van der Waals surface area contributed by atoms with Gasteiger partial charge in [0.05, 0.1) is 13.7 Å². The van der Waals surface area contributed by atoms with Crippen molar-refractivity contribution < 1.29 is 4.74 Å². The molecule has 0 saturated heterocycles. The number of ether oxygens (including phenoxy) is 1.